The van der Waals surface area contributed by atoms with Crippen molar-refractivity contribution in [2.75, 3.05) is 0 Å². The second kappa shape index (κ2) is 6.32. The monoisotopic (exact) mass is 322 g/mol. The van der Waals surface area contributed by atoms with E-state index in [2.05, 4.69) is 0 Å². The van der Waals surface area contributed by atoms with Crippen molar-refractivity contribution >= 4 is 16.8 Å². The third kappa shape index (κ3) is 2.95. The lowest BCUT2D eigenvalue weighted by atomic mass is 9.87. The third-order valence-corrected chi connectivity index (χ3v) is 4.11. The summed E-state index contributed by atoms with van der Waals surface area (Å²) in [5.74, 6) is -0.711. The SMILES string of the molecule is CC(=O)C[C@@H](c1ccccc1)c1c(O)c2cc(C)ccc2oc1=O. The molecule has 0 radical (unpaired) electrons. The van der Waals surface area contributed by atoms with E-state index in [1.54, 1.807) is 12.1 Å². The Bertz CT molecular complexity index is 955. The highest BCUT2D eigenvalue weighted by Gasteiger charge is 2.25. The highest BCUT2D eigenvalue weighted by atomic mass is 16.4. The van der Waals surface area contributed by atoms with Gasteiger partial charge in [0.25, 0.3) is 0 Å². The molecule has 1 N–H and O–H groups in total. The van der Waals surface area contributed by atoms with Crippen molar-refractivity contribution < 1.29 is 14.3 Å². The van der Waals surface area contributed by atoms with E-state index in [1.807, 2.05) is 43.3 Å². The van der Waals surface area contributed by atoms with Gasteiger partial charge in [0.2, 0.25) is 0 Å². The summed E-state index contributed by atoms with van der Waals surface area (Å²) in [5, 5.41) is 11.2. The number of benzene rings is 2. The zero-order valence-corrected chi connectivity index (χ0v) is 13.6. The van der Waals surface area contributed by atoms with Gasteiger partial charge in [-0.2, -0.15) is 0 Å². The van der Waals surface area contributed by atoms with Gasteiger partial charge in [-0.15, -0.1) is 0 Å². The van der Waals surface area contributed by atoms with E-state index < -0.39 is 11.5 Å². The molecular weight excluding hydrogens is 304 g/mol. The molecule has 0 saturated heterocycles. The quantitative estimate of drug-likeness (QED) is 0.739. The molecule has 0 aliphatic carbocycles. The lowest BCUT2D eigenvalue weighted by Crippen LogP contribution is -2.16. The van der Waals surface area contributed by atoms with Crippen LogP contribution >= 0.6 is 0 Å². The summed E-state index contributed by atoms with van der Waals surface area (Å²) in [6.45, 7) is 3.37. The fourth-order valence-corrected chi connectivity index (χ4v) is 2.98. The summed E-state index contributed by atoms with van der Waals surface area (Å²) in [6, 6.07) is 14.5. The summed E-state index contributed by atoms with van der Waals surface area (Å²) in [6.07, 6.45) is 0.125. The van der Waals surface area contributed by atoms with Crippen molar-refractivity contribution in [2.45, 2.75) is 26.2 Å². The maximum Gasteiger partial charge on any atom is 0.343 e. The molecule has 122 valence electrons. The smallest absolute Gasteiger partial charge is 0.343 e. The first-order valence-electron chi connectivity index (χ1n) is 7.78. The highest BCUT2D eigenvalue weighted by molar-refractivity contribution is 5.85. The first kappa shape index (κ1) is 16.0. The van der Waals surface area contributed by atoms with E-state index in [0.29, 0.717) is 11.0 Å². The van der Waals surface area contributed by atoms with Gasteiger partial charge in [-0.3, -0.25) is 4.79 Å². The lowest BCUT2D eigenvalue weighted by Gasteiger charge is -2.17. The van der Waals surface area contributed by atoms with Crippen LogP contribution in [0.15, 0.2) is 57.7 Å². The Labute approximate surface area is 139 Å². The van der Waals surface area contributed by atoms with Crippen LogP contribution in [0.4, 0.5) is 0 Å². The molecule has 1 atom stereocenters. The Morgan fingerprint density at radius 1 is 1.17 bits per heavy atom. The first-order chi connectivity index (χ1) is 11.5. The molecule has 0 aliphatic heterocycles. The van der Waals surface area contributed by atoms with Gasteiger partial charge in [-0.05, 0) is 31.5 Å². The van der Waals surface area contributed by atoms with Crippen LogP contribution in [0.5, 0.6) is 5.75 Å². The first-order valence-corrected chi connectivity index (χ1v) is 7.78. The zero-order valence-electron chi connectivity index (χ0n) is 13.6. The van der Waals surface area contributed by atoms with Crippen molar-refractivity contribution in [2.24, 2.45) is 0 Å². The van der Waals surface area contributed by atoms with Gasteiger partial charge in [0.05, 0.1) is 10.9 Å². The second-order valence-electron chi connectivity index (χ2n) is 6.02. The number of fused-ring (bicyclic) bond motifs is 1. The average molecular weight is 322 g/mol. The standard InChI is InChI=1S/C20H18O4/c1-12-8-9-17-16(10-12)19(22)18(20(23)24-17)15(11-13(2)21)14-6-4-3-5-7-14/h3-10,15,22H,11H2,1-2H3/t15-/m0/s1. The fraction of sp³-hybridized carbons (Fsp3) is 0.200. The van der Waals surface area contributed by atoms with Crippen LogP contribution in [0, 0.1) is 6.92 Å². The number of rotatable bonds is 4. The molecule has 24 heavy (non-hydrogen) atoms. The number of hydrogen-bond donors (Lipinski definition) is 1. The third-order valence-electron chi connectivity index (χ3n) is 4.11. The summed E-state index contributed by atoms with van der Waals surface area (Å²) >= 11 is 0. The number of carbonyl (C=O) groups is 1. The Morgan fingerprint density at radius 3 is 2.54 bits per heavy atom. The maximum absolute atomic E-state index is 12.5. The van der Waals surface area contributed by atoms with Crippen LogP contribution in [0.1, 0.15) is 36.0 Å². The van der Waals surface area contributed by atoms with E-state index >= 15 is 0 Å². The van der Waals surface area contributed by atoms with E-state index in [4.69, 9.17) is 4.42 Å². The van der Waals surface area contributed by atoms with E-state index in [0.717, 1.165) is 11.1 Å². The highest BCUT2D eigenvalue weighted by Crippen LogP contribution is 2.36. The molecular formula is C20H18O4. The summed E-state index contributed by atoms with van der Waals surface area (Å²) in [7, 11) is 0. The van der Waals surface area contributed by atoms with Gasteiger partial charge in [0.15, 0.2) is 0 Å². The van der Waals surface area contributed by atoms with Crippen LogP contribution in [0.3, 0.4) is 0 Å². The van der Waals surface area contributed by atoms with Gasteiger partial charge < -0.3 is 9.52 Å². The van der Waals surface area contributed by atoms with Gasteiger partial charge in [0.1, 0.15) is 17.1 Å². The molecule has 3 rings (SSSR count). The summed E-state index contributed by atoms with van der Waals surface area (Å²) in [4.78, 5) is 24.2. The fourth-order valence-electron chi connectivity index (χ4n) is 2.98. The minimum Gasteiger partial charge on any atom is -0.507 e. The molecule has 0 bridgehead atoms. The van der Waals surface area contributed by atoms with Crippen molar-refractivity contribution in [1.29, 1.82) is 0 Å². The molecule has 0 saturated carbocycles. The molecule has 1 heterocycles. The van der Waals surface area contributed by atoms with E-state index in [1.165, 1.54) is 6.92 Å². The van der Waals surface area contributed by atoms with E-state index in [9.17, 15) is 14.7 Å². The minimum absolute atomic E-state index is 0.0630. The molecule has 0 fully saturated rings. The van der Waals surface area contributed by atoms with Crippen LogP contribution in [-0.4, -0.2) is 10.9 Å². The topological polar surface area (TPSA) is 67.5 Å². The average Bonchev–Trinajstić information content (AvgIpc) is 2.55. The van der Waals surface area contributed by atoms with Crippen molar-refractivity contribution in [3.8, 4) is 5.75 Å². The molecule has 0 aliphatic rings. The largest absolute Gasteiger partial charge is 0.507 e. The molecule has 4 nitrogen and oxygen atoms in total. The van der Waals surface area contributed by atoms with Gasteiger partial charge in [0, 0.05) is 12.3 Å². The number of aromatic hydroxyl groups is 1. The number of hydrogen-bond acceptors (Lipinski definition) is 4. The normalized spacial score (nSPS) is 12.2. The second-order valence-corrected chi connectivity index (χ2v) is 6.02. The summed E-state index contributed by atoms with van der Waals surface area (Å²) in [5.41, 5.74) is 1.60. The van der Waals surface area contributed by atoms with Crippen molar-refractivity contribution in [3.63, 3.8) is 0 Å². The predicted molar refractivity (Wildman–Crippen MR) is 92.5 cm³/mol. The number of Topliss-reactive ketones (excluding diaryl/α,β-unsaturated/α-hetero) is 1. The van der Waals surface area contributed by atoms with Gasteiger partial charge in [-0.25, -0.2) is 4.79 Å². The zero-order chi connectivity index (χ0) is 17.3. The summed E-state index contributed by atoms with van der Waals surface area (Å²) < 4.78 is 5.39. The number of aryl methyl sites for hydroxylation is 1. The van der Waals surface area contributed by atoms with Crippen LogP contribution in [-0.2, 0) is 4.79 Å². The molecule has 1 aromatic heterocycles. The predicted octanol–water partition coefficient (Wildman–Crippen LogP) is 3.92. The van der Waals surface area contributed by atoms with Crippen molar-refractivity contribution in [1.82, 2.24) is 0 Å². The van der Waals surface area contributed by atoms with Crippen LogP contribution in [0.25, 0.3) is 11.0 Å². The Morgan fingerprint density at radius 2 is 1.88 bits per heavy atom. The van der Waals surface area contributed by atoms with Crippen molar-refractivity contribution in [3.05, 3.63) is 75.6 Å². The molecule has 0 spiro atoms. The Balaban J connectivity index is 2.28. The van der Waals surface area contributed by atoms with Gasteiger partial charge in [-0.1, -0.05) is 42.0 Å². The molecule has 0 amide bonds. The molecule has 4 heteroatoms. The number of ketones is 1. The minimum atomic E-state index is -0.612. The van der Waals surface area contributed by atoms with Crippen LogP contribution in [0.2, 0.25) is 0 Å². The lowest BCUT2D eigenvalue weighted by molar-refractivity contribution is -0.117. The molecule has 0 unspecified atom stereocenters. The van der Waals surface area contributed by atoms with Crippen LogP contribution < -0.4 is 5.63 Å². The number of carbonyl (C=O) groups excluding carboxylic acids is 1. The molecule has 3 aromatic rings. The Hall–Kier alpha value is -2.88. The maximum atomic E-state index is 12.5. The van der Waals surface area contributed by atoms with Gasteiger partial charge >= 0.3 is 5.63 Å². The van der Waals surface area contributed by atoms with E-state index in [-0.39, 0.29) is 23.5 Å². The Kier molecular flexibility index (Phi) is 4.21. The molecule has 2 aromatic carbocycles.